The molecular weight excluding hydrogens is 366 g/mol. The summed E-state index contributed by atoms with van der Waals surface area (Å²) in [4.78, 5) is 0. The monoisotopic (exact) mass is 386 g/mol. The lowest BCUT2D eigenvalue weighted by Crippen LogP contribution is -1.95. The van der Waals surface area contributed by atoms with Gasteiger partial charge in [-0.15, -0.1) is 0 Å². The lowest BCUT2D eigenvalue weighted by Gasteiger charge is -2.15. The van der Waals surface area contributed by atoms with Gasteiger partial charge < -0.3 is 18.9 Å². The smallest absolute Gasteiger partial charge is 0.161 e. The molecule has 3 aromatic rings. The van der Waals surface area contributed by atoms with Crippen molar-refractivity contribution in [3.8, 4) is 45.3 Å². The molecule has 0 saturated heterocycles. The van der Waals surface area contributed by atoms with Crippen molar-refractivity contribution in [2.75, 3.05) is 28.4 Å². The Morgan fingerprint density at radius 2 is 0.857 bits per heavy atom. The van der Waals surface area contributed by atoms with Gasteiger partial charge in [0.25, 0.3) is 0 Å². The highest BCUT2D eigenvalue weighted by molar-refractivity contribution is 5.85. The largest absolute Gasteiger partial charge is 0.493 e. The van der Waals surface area contributed by atoms with Crippen LogP contribution in [0.5, 0.6) is 23.0 Å². The van der Waals surface area contributed by atoms with Crippen LogP contribution in [0.25, 0.3) is 22.3 Å². The zero-order valence-corrected chi connectivity index (χ0v) is 16.0. The van der Waals surface area contributed by atoms with Crippen molar-refractivity contribution < 1.29 is 27.7 Å². The number of rotatable bonds is 6. The van der Waals surface area contributed by atoms with Crippen LogP contribution in [-0.2, 0) is 0 Å². The van der Waals surface area contributed by atoms with Crippen molar-refractivity contribution in [3.63, 3.8) is 0 Å². The summed E-state index contributed by atoms with van der Waals surface area (Å²) in [7, 11) is 6.10. The first-order chi connectivity index (χ1) is 13.5. The fraction of sp³-hybridized carbons (Fsp3) is 0.182. The molecule has 0 amide bonds. The van der Waals surface area contributed by atoms with Crippen LogP contribution in [0.3, 0.4) is 0 Å². The molecule has 0 fully saturated rings. The highest BCUT2D eigenvalue weighted by Crippen LogP contribution is 2.40. The van der Waals surface area contributed by atoms with Crippen molar-refractivity contribution >= 4 is 0 Å². The molecule has 0 aliphatic carbocycles. The highest BCUT2D eigenvalue weighted by atomic mass is 19.2. The summed E-state index contributed by atoms with van der Waals surface area (Å²) >= 11 is 0. The lowest BCUT2D eigenvalue weighted by molar-refractivity contribution is 0.355. The fourth-order valence-electron chi connectivity index (χ4n) is 3.03. The van der Waals surface area contributed by atoms with E-state index in [1.807, 2.05) is 0 Å². The topological polar surface area (TPSA) is 36.9 Å². The Kier molecular flexibility index (Phi) is 5.68. The minimum atomic E-state index is -0.936. The summed E-state index contributed by atoms with van der Waals surface area (Å²) < 4.78 is 49.3. The summed E-state index contributed by atoms with van der Waals surface area (Å²) in [6, 6.07) is 12.7. The van der Waals surface area contributed by atoms with Gasteiger partial charge in [-0.2, -0.15) is 0 Å². The second-order valence-electron chi connectivity index (χ2n) is 5.95. The molecule has 3 rings (SSSR count). The van der Waals surface area contributed by atoms with Crippen LogP contribution in [0, 0.1) is 11.6 Å². The minimum Gasteiger partial charge on any atom is -0.493 e. The maximum atomic E-state index is 14.1. The SMILES string of the molecule is COc1ccc(-c2cc(F)c(F)cc2-c2ccc(OC)c(OC)c2)cc1OC. The van der Waals surface area contributed by atoms with Crippen molar-refractivity contribution in [3.05, 3.63) is 60.2 Å². The number of hydrogen-bond donors (Lipinski definition) is 0. The molecule has 146 valence electrons. The van der Waals surface area contributed by atoms with Gasteiger partial charge in [-0.3, -0.25) is 0 Å². The predicted molar refractivity (Wildman–Crippen MR) is 103 cm³/mol. The maximum Gasteiger partial charge on any atom is 0.161 e. The van der Waals surface area contributed by atoms with E-state index in [4.69, 9.17) is 18.9 Å². The third-order valence-corrected chi connectivity index (χ3v) is 4.45. The van der Waals surface area contributed by atoms with Crippen molar-refractivity contribution in [2.24, 2.45) is 0 Å². The second kappa shape index (κ2) is 8.17. The van der Waals surface area contributed by atoms with Crippen molar-refractivity contribution in [1.82, 2.24) is 0 Å². The molecule has 0 unspecified atom stereocenters. The summed E-state index contributed by atoms with van der Waals surface area (Å²) in [5.74, 6) is 0.192. The highest BCUT2D eigenvalue weighted by Gasteiger charge is 2.17. The third kappa shape index (κ3) is 3.58. The van der Waals surface area contributed by atoms with Gasteiger partial charge in [-0.25, -0.2) is 8.78 Å². The molecule has 0 saturated carbocycles. The van der Waals surface area contributed by atoms with Gasteiger partial charge >= 0.3 is 0 Å². The van der Waals surface area contributed by atoms with E-state index in [9.17, 15) is 8.78 Å². The number of methoxy groups -OCH3 is 4. The van der Waals surface area contributed by atoms with Crippen LogP contribution >= 0.6 is 0 Å². The molecule has 3 aromatic carbocycles. The lowest BCUT2D eigenvalue weighted by atomic mass is 9.93. The molecule has 6 heteroatoms. The molecule has 0 bridgehead atoms. The molecule has 0 atom stereocenters. The Hall–Kier alpha value is -3.28. The maximum absolute atomic E-state index is 14.1. The van der Waals surface area contributed by atoms with Gasteiger partial charge in [-0.05, 0) is 58.7 Å². The summed E-state index contributed by atoms with van der Waals surface area (Å²) in [5, 5.41) is 0. The number of benzene rings is 3. The number of halogens is 2. The molecule has 0 spiro atoms. The Morgan fingerprint density at radius 1 is 0.500 bits per heavy atom. The van der Waals surface area contributed by atoms with Gasteiger partial charge in [0.15, 0.2) is 34.6 Å². The molecule has 0 aliphatic heterocycles. The van der Waals surface area contributed by atoms with Crippen LogP contribution < -0.4 is 18.9 Å². The van der Waals surface area contributed by atoms with E-state index in [0.717, 1.165) is 0 Å². The van der Waals surface area contributed by atoms with E-state index in [-0.39, 0.29) is 0 Å². The van der Waals surface area contributed by atoms with Gasteiger partial charge in [0.2, 0.25) is 0 Å². The van der Waals surface area contributed by atoms with E-state index in [1.54, 1.807) is 36.4 Å². The Morgan fingerprint density at radius 3 is 1.18 bits per heavy atom. The molecule has 0 aliphatic rings. The quantitative estimate of drug-likeness (QED) is 0.574. The van der Waals surface area contributed by atoms with Crippen LogP contribution in [-0.4, -0.2) is 28.4 Å². The first-order valence-electron chi connectivity index (χ1n) is 8.46. The Labute approximate surface area is 162 Å². The van der Waals surface area contributed by atoms with Crippen LogP contribution in [0.1, 0.15) is 0 Å². The standard InChI is InChI=1S/C22H20F2O4/c1-25-19-7-5-13(9-21(19)27-3)15-11-17(23)18(24)12-16(15)14-6-8-20(26-2)22(10-14)28-4/h5-12H,1-4H3. The van der Waals surface area contributed by atoms with Crippen molar-refractivity contribution in [2.45, 2.75) is 0 Å². The molecule has 28 heavy (non-hydrogen) atoms. The van der Waals surface area contributed by atoms with Gasteiger partial charge in [-0.1, -0.05) is 12.1 Å². The third-order valence-electron chi connectivity index (χ3n) is 4.45. The summed E-state index contributed by atoms with van der Waals surface area (Å²) in [5.41, 5.74) is 2.32. The van der Waals surface area contributed by atoms with Gasteiger partial charge in [0, 0.05) is 0 Å². The average molecular weight is 386 g/mol. The fourth-order valence-corrected chi connectivity index (χ4v) is 3.03. The van der Waals surface area contributed by atoms with Gasteiger partial charge in [0.05, 0.1) is 28.4 Å². The molecule has 0 radical (unpaired) electrons. The van der Waals surface area contributed by atoms with E-state index >= 15 is 0 Å². The predicted octanol–water partition coefficient (Wildman–Crippen LogP) is 5.33. The number of ether oxygens (including phenoxy) is 4. The van der Waals surface area contributed by atoms with E-state index in [0.29, 0.717) is 45.3 Å². The minimum absolute atomic E-state index is 0.489. The normalized spacial score (nSPS) is 10.5. The van der Waals surface area contributed by atoms with E-state index in [2.05, 4.69) is 0 Å². The first kappa shape index (κ1) is 19.5. The molecule has 0 heterocycles. The Balaban J connectivity index is 2.22. The summed E-state index contributed by atoms with van der Waals surface area (Å²) in [6.45, 7) is 0. The number of hydrogen-bond acceptors (Lipinski definition) is 4. The average Bonchev–Trinajstić information content (AvgIpc) is 2.74. The van der Waals surface area contributed by atoms with Crippen molar-refractivity contribution in [1.29, 1.82) is 0 Å². The summed E-state index contributed by atoms with van der Waals surface area (Å²) in [6.07, 6.45) is 0. The molecule has 0 aromatic heterocycles. The van der Waals surface area contributed by atoms with E-state index < -0.39 is 11.6 Å². The van der Waals surface area contributed by atoms with Crippen LogP contribution in [0.4, 0.5) is 8.78 Å². The zero-order valence-electron chi connectivity index (χ0n) is 16.0. The second-order valence-corrected chi connectivity index (χ2v) is 5.95. The zero-order chi connectivity index (χ0) is 20.3. The van der Waals surface area contributed by atoms with Crippen LogP contribution in [0.15, 0.2) is 48.5 Å². The van der Waals surface area contributed by atoms with E-state index in [1.165, 1.54) is 40.6 Å². The van der Waals surface area contributed by atoms with Crippen LogP contribution in [0.2, 0.25) is 0 Å². The Bertz CT molecular complexity index is 922. The first-order valence-corrected chi connectivity index (χ1v) is 8.46. The molecular formula is C22H20F2O4. The molecule has 4 nitrogen and oxygen atoms in total. The molecule has 0 N–H and O–H groups in total. The van der Waals surface area contributed by atoms with Gasteiger partial charge in [0.1, 0.15) is 0 Å².